The molecule has 102 valence electrons. The second-order valence-electron chi connectivity index (χ2n) is 3.89. The van der Waals surface area contributed by atoms with Crippen LogP contribution in [-0.4, -0.2) is 31.5 Å². The van der Waals surface area contributed by atoms with E-state index in [0.29, 0.717) is 6.66 Å². The molecule has 4 N–H and O–H groups in total. The predicted octanol–water partition coefficient (Wildman–Crippen LogP) is 0.351. The third kappa shape index (κ3) is 3.19. The molecule has 1 aromatic rings. The fraction of sp³-hybridized carbons (Fsp3) is 0.375. The van der Waals surface area contributed by atoms with Gasteiger partial charge in [-0.15, -0.1) is 0 Å². The van der Waals surface area contributed by atoms with Crippen LogP contribution in [0.25, 0.3) is 0 Å². The zero-order valence-electron chi connectivity index (χ0n) is 9.34. The molecule has 1 heterocycles. The van der Waals surface area contributed by atoms with Crippen molar-refractivity contribution in [2.45, 2.75) is 11.6 Å². The van der Waals surface area contributed by atoms with Crippen LogP contribution in [0.2, 0.25) is 5.02 Å². The molecule has 18 heavy (non-hydrogen) atoms. The molecule has 0 saturated carbocycles. The SMILES string of the molecule is CP(=O)(O)C(O)(C[n+]1cccc(Cl)c1)P(=O)(O)O. The van der Waals surface area contributed by atoms with E-state index in [4.69, 9.17) is 21.4 Å². The number of hydrogen-bond acceptors (Lipinski definition) is 3. The molecule has 0 fully saturated rings. The van der Waals surface area contributed by atoms with Crippen molar-refractivity contribution in [2.24, 2.45) is 0 Å². The lowest BCUT2D eigenvalue weighted by Gasteiger charge is -2.27. The summed E-state index contributed by atoms with van der Waals surface area (Å²) in [6.45, 7) is -0.0562. The summed E-state index contributed by atoms with van der Waals surface area (Å²) in [5.41, 5.74) is 0. The van der Waals surface area contributed by atoms with E-state index in [-0.39, 0.29) is 5.02 Å². The van der Waals surface area contributed by atoms with Gasteiger partial charge in [-0.25, -0.2) is 0 Å². The smallest absolute Gasteiger partial charge is 0.365 e. The average molecular weight is 317 g/mol. The predicted molar refractivity (Wildman–Crippen MR) is 64.4 cm³/mol. The van der Waals surface area contributed by atoms with Crippen LogP contribution in [0.1, 0.15) is 0 Å². The lowest BCUT2D eigenvalue weighted by Crippen LogP contribution is -2.47. The van der Waals surface area contributed by atoms with Gasteiger partial charge in [-0.1, -0.05) is 11.6 Å². The van der Waals surface area contributed by atoms with E-state index in [1.54, 1.807) is 0 Å². The van der Waals surface area contributed by atoms with E-state index < -0.39 is 26.6 Å². The minimum atomic E-state index is -5.21. The standard InChI is InChI=1S/C8H12ClNO6P2/c1-17(12,13)8(11,18(14,15)16)6-10-4-2-3-7(9)5-10/h2-5,11H,6H2,1H3,(H2-,12,13,14,15,16)/p+1. The minimum absolute atomic E-state index is 0.259. The van der Waals surface area contributed by atoms with Crippen LogP contribution < -0.4 is 4.57 Å². The highest BCUT2D eigenvalue weighted by Gasteiger charge is 2.60. The molecule has 0 aromatic carbocycles. The zero-order chi connectivity index (χ0) is 14.2. The Hall–Kier alpha value is -0.260. The Morgan fingerprint density at radius 1 is 1.39 bits per heavy atom. The molecule has 0 aliphatic carbocycles. The van der Waals surface area contributed by atoms with Crippen LogP contribution in [0, 0.1) is 0 Å². The number of pyridine rings is 1. The molecule has 0 aliphatic heterocycles. The first-order chi connectivity index (χ1) is 7.97. The van der Waals surface area contributed by atoms with Crippen molar-refractivity contribution in [3.63, 3.8) is 0 Å². The molecule has 1 aromatic heterocycles. The maximum absolute atomic E-state index is 11.5. The molecule has 0 amide bonds. The number of hydrogen-bond donors (Lipinski definition) is 4. The highest BCUT2D eigenvalue weighted by atomic mass is 35.5. The summed E-state index contributed by atoms with van der Waals surface area (Å²) in [6, 6.07) is 2.99. The van der Waals surface area contributed by atoms with Crippen LogP contribution in [-0.2, 0) is 15.7 Å². The number of nitrogens with zero attached hydrogens (tertiary/aromatic N) is 1. The summed E-state index contributed by atoms with van der Waals surface area (Å²) in [5.74, 6) is 0. The second-order valence-corrected chi connectivity index (χ2v) is 9.01. The first kappa shape index (κ1) is 15.8. The van der Waals surface area contributed by atoms with Crippen molar-refractivity contribution in [1.29, 1.82) is 0 Å². The molecule has 0 radical (unpaired) electrons. The van der Waals surface area contributed by atoms with Crippen LogP contribution in [0.5, 0.6) is 0 Å². The molecule has 2 unspecified atom stereocenters. The molecule has 1 rings (SSSR count). The fourth-order valence-electron chi connectivity index (χ4n) is 1.30. The zero-order valence-corrected chi connectivity index (χ0v) is 11.9. The topological polar surface area (TPSA) is 119 Å². The summed E-state index contributed by atoms with van der Waals surface area (Å²) in [5, 5.41) is 7.10. The number of aliphatic hydroxyl groups is 1. The van der Waals surface area contributed by atoms with Crippen molar-refractivity contribution in [3.05, 3.63) is 29.5 Å². The van der Waals surface area contributed by atoms with Crippen molar-refractivity contribution in [2.75, 3.05) is 6.66 Å². The minimum Gasteiger partial charge on any atom is -0.365 e. The summed E-state index contributed by atoms with van der Waals surface area (Å²) >= 11 is 5.67. The van der Waals surface area contributed by atoms with Crippen molar-refractivity contribution in [1.82, 2.24) is 0 Å². The van der Waals surface area contributed by atoms with Crippen molar-refractivity contribution in [3.8, 4) is 0 Å². The number of aromatic nitrogens is 1. The van der Waals surface area contributed by atoms with Gasteiger partial charge >= 0.3 is 12.7 Å². The molecule has 0 bridgehead atoms. The summed E-state index contributed by atoms with van der Waals surface area (Å²) in [7, 11) is -9.67. The van der Waals surface area contributed by atoms with Crippen LogP contribution in [0.3, 0.4) is 0 Å². The maximum Gasteiger partial charge on any atom is 0.373 e. The number of rotatable bonds is 4. The van der Waals surface area contributed by atoms with E-state index >= 15 is 0 Å². The van der Waals surface area contributed by atoms with Gasteiger partial charge in [0.05, 0.1) is 0 Å². The van der Waals surface area contributed by atoms with Crippen LogP contribution >= 0.6 is 26.6 Å². The molecule has 7 nitrogen and oxygen atoms in total. The summed E-state index contributed by atoms with van der Waals surface area (Å²) in [4.78, 5) is 27.5. The van der Waals surface area contributed by atoms with E-state index in [0.717, 1.165) is 4.57 Å². The largest absolute Gasteiger partial charge is 0.373 e. The fourth-order valence-corrected chi connectivity index (χ4v) is 4.20. The van der Waals surface area contributed by atoms with Gasteiger partial charge in [0, 0.05) is 12.7 Å². The molecule has 0 aliphatic rings. The number of halogens is 1. The Balaban J connectivity index is 3.25. The third-order valence-corrected chi connectivity index (χ3v) is 7.01. The van der Waals surface area contributed by atoms with E-state index in [2.05, 4.69) is 0 Å². The van der Waals surface area contributed by atoms with Crippen molar-refractivity contribution >= 4 is 26.6 Å². The molecule has 2 atom stereocenters. The molecule has 0 spiro atoms. The van der Waals surface area contributed by atoms with Gasteiger partial charge in [0.25, 0.3) is 0 Å². The quantitative estimate of drug-likeness (QED) is 0.470. The molecular formula is C8H13ClNO6P2+. The Bertz CT molecular complexity index is 516. The van der Waals surface area contributed by atoms with Crippen LogP contribution in [0.15, 0.2) is 24.5 Å². The molecular weight excluding hydrogens is 303 g/mol. The van der Waals surface area contributed by atoms with Crippen LogP contribution in [0.4, 0.5) is 0 Å². The molecule has 0 saturated heterocycles. The van der Waals surface area contributed by atoms with E-state index in [1.165, 1.54) is 24.5 Å². The van der Waals surface area contributed by atoms with Gasteiger partial charge in [0.2, 0.25) is 7.37 Å². The van der Waals surface area contributed by atoms with Gasteiger partial charge in [-0.2, -0.15) is 4.57 Å². The lowest BCUT2D eigenvalue weighted by molar-refractivity contribution is -0.703. The lowest BCUT2D eigenvalue weighted by atomic mass is 10.5. The van der Waals surface area contributed by atoms with Crippen molar-refractivity contribution < 1.29 is 33.5 Å². The Kier molecular flexibility index (Phi) is 4.41. The Morgan fingerprint density at radius 3 is 2.33 bits per heavy atom. The second kappa shape index (κ2) is 5.02. The third-order valence-electron chi connectivity index (χ3n) is 2.35. The monoisotopic (exact) mass is 316 g/mol. The van der Waals surface area contributed by atoms with Gasteiger partial charge in [-0.05, 0) is 6.07 Å². The highest BCUT2D eigenvalue weighted by Crippen LogP contribution is 2.67. The van der Waals surface area contributed by atoms with Gasteiger partial charge < -0.3 is 19.8 Å². The first-order valence-corrected chi connectivity index (χ1v) is 8.80. The summed E-state index contributed by atoms with van der Waals surface area (Å²) in [6.07, 6.45) is 2.64. The van der Waals surface area contributed by atoms with E-state index in [9.17, 15) is 19.1 Å². The Labute approximate surface area is 108 Å². The Morgan fingerprint density at radius 2 is 1.94 bits per heavy atom. The van der Waals surface area contributed by atoms with Gasteiger partial charge in [0.15, 0.2) is 18.9 Å². The van der Waals surface area contributed by atoms with E-state index in [1.807, 2.05) is 0 Å². The summed E-state index contributed by atoms with van der Waals surface area (Å²) < 4.78 is 23.9. The normalized spacial score (nSPS) is 19.0. The highest BCUT2D eigenvalue weighted by molar-refractivity contribution is 7.74. The first-order valence-electron chi connectivity index (χ1n) is 4.70. The average Bonchev–Trinajstić information content (AvgIpc) is 2.13. The molecule has 10 heteroatoms. The van der Waals surface area contributed by atoms with Gasteiger partial charge in [-0.3, -0.25) is 9.13 Å². The van der Waals surface area contributed by atoms with Gasteiger partial charge in [0.1, 0.15) is 5.02 Å². The maximum atomic E-state index is 11.5.